The summed E-state index contributed by atoms with van der Waals surface area (Å²) in [5.74, 6) is 1.76. The minimum atomic E-state index is 0.702. The van der Waals surface area contributed by atoms with Gasteiger partial charge in [-0.05, 0) is 31.1 Å². The highest BCUT2D eigenvalue weighted by Crippen LogP contribution is 2.35. The number of hydrogen-bond donors (Lipinski definition) is 0. The van der Waals surface area contributed by atoms with Crippen LogP contribution in [-0.4, -0.2) is 9.55 Å². The first kappa shape index (κ1) is 8.79. The minimum Gasteiger partial charge on any atom is -0.334 e. The van der Waals surface area contributed by atoms with Crippen LogP contribution in [0.5, 0.6) is 0 Å². The van der Waals surface area contributed by atoms with Crippen molar-refractivity contribution in [2.75, 3.05) is 0 Å². The van der Waals surface area contributed by atoms with E-state index in [4.69, 9.17) is 0 Å². The zero-order valence-electron chi connectivity index (χ0n) is 8.48. The van der Waals surface area contributed by atoms with Crippen LogP contribution in [0.15, 0.2) is 18.7 Å². The lowest BCUT2D eigenvalue weighted by molar-refractivity contribution is 0.210. The predicted octanol–water partition coefficient (Wildman–Crippen LogP) is 2.88. The SMILES string of the molecule is CC1CCC(n2ccnc2)CC1C. The molecule has 1 aliphatic rings. The van der Waals surface area contributed by atoms with Gasteiger partial charge in [-0.25, -0.2) is 4.98 Å². The summed E-state index contributed by atoms with van der Waals surface area (Å²) < 4.78 is 2.27. The molecule has 0 saturated heterocycles. The molecule has 13 heavy (non-hydrogen) atoms. The molecular formula is C11H18N2. The van der Waals surface area contributed by atoms with Crippen molar-refractivity contribution in [1.29, 1.82) is 0 Å². The standard InChI is InChI=1S/C11H18N2/c1-9-3-4-11(7-10(9)2)13-6-5-12-8-13/h5-6,8-11H,3-4,7H2,1-2H3. The van der Waals surface area contributed by atoms with Crippen molar-refractivity contribution in [3.8, 4) is 0 Å². The van der Waals surface area contributed by atoms with Crippen LogP contribution in [0.4, 0.5) is 0 Å². The molecule has 0 aliphatic heterocycles. The van der Waals surface area contributed by atoms with E-state index in [0.29, 0.717) is 6.04 Å². The highest BCUT2D eigenvalue weighted by Gasteiger charge is 2.24. The summed E-state index contributed by atoms with van der Waals surface area (Å²) in [5.41, 5.74) is 0. The van der Waals surface area contributed by atoms with Crippen molar-refractivity contribution in [3.05, 3.63) is 18.7 Å². The van der Waals surface area contributed by atoms with E-state index in [-0.39, 0.29) is 0 Å². The topological polar surface area (TPSA) is 17.8 Å². The summed E-state index contributed by atoms with van der Waals surface area (Å²) in [6.07, 6.45) is 9.92. The molecule has 0 spiro atoms. The average Bonchev–Trinajstić information content (AvgIpc) is 2.62. The summed E-state index contributed by atoms with van der Waals surface area (Å²) in [6.45, 7) is 4.74. The van der Waals surface area contributed by atoms with Crippen LogP contribution < -0.4 is 0 Å². The Labute approximate surface area is 80.0 Å². The van der Waals surface area contributed by atoms with Gasteiger partial charge in [0.2, 0.25) is 0 Å². The first-order valence-corrected chi connectivity index (χ1v) is 5.25. The average molecular weight is 178 g/mol. The lowest BCUT2D eigenvalue weighted by Crippen LogP contribution is -2.22. The number of aromatic nitrogens is 2. The second kappa shape index (κ2) is 3.52. The quantitative estimate of drug-likeness (QED) is 0.646. The largest absolute Gasteiger partial charge is 0.334 e. The Morgan fingerprint density at radius 1 is 1.23 bits per heavy atom. The second-order valence-electron chi connectivity index (χ2n) is 4.43. The molecule has 2 rings (SSSR count). The van der Waals surface area contributed by atoms with Crippen LogP contribution in [0, 0.1) is 11.8 Å². The Morgan fingerprint density at radius 3 is 2.69 bits per heavy atom. The third-order valence-electron chi connectivity index (χ3n) is 3.52. The Hall–Kier alpha value is -0.790. The second-order valence-corrected chi connectivity index (χ2v) is 4.43. The van der Waals surface area contributed by atoms with Crippen molar-refractivity contribution in [2.24, 2.45) is 11.8 Å². The third-order valence-corrected chi connectivity index (χ3v) is 3.52. The number of imidazole rings is 1. The first-order chi connectivity index (χ1) is 6.27. The van der Waals surface area contributed by atoms with Gasteiger partial charge in [0.15, 0.2) is 0 Å². The fraction of sp³-hybridized carbons (Fsp3) is 0.727. The molecule has 2 nitrogen and oxygen atoms in total. The Bertz CT molecular complexity index is 253. The van der Waals surface area contributed by atoms with E-state index in [0.717, 1.165) is 11.8 Å². The van der Waals surface area contributed by atoms with E-state index in [1.165, 1.54) is 19.3 Å². The molecule has 0 aromatic carbocycles. The van der Waals surface area contributed by atoms with Gasteiger partial charge in [-0.3, -0.25) is 0 Å². The molecule has 1 saturated carbocycles. The summed E-state index contributed by atoms with van der Waals surface area (Å²) in [6, 6.07) is 0.702. The minimum absolute atomic E-state index is 0.702. The number of hydrogen-bond acceptors (Lipinski definition) is 1. The Balaban J connectivity index is 2.03. The fourth-order valence-electron chi connectivity index (χ4n) is 2.28. The monoisotopic (exact) mass is 178 g/mol. The van der Waals surface area contributed by atoms with E-state index in [1.54, 1.807) is 0 Å². The van der Waals surface area contributed by atoms with Crippen LogP contribution in [-0.2, 0) is 0 Å². The molecule has 0 N–H and O–H groups in total. The molecule has 0 bridgehead atoms. The lowest BCUT2D eigenvalue weighted by Gasteiger charge is -2.32. The van der Waals surface area contributed by atoms with E-state index < -0.39 is 0 Å². The molecule has 0 radical (unpaired) electrons. The van der Waals surface area contributed by atoms with Crippen LogP contribution >= 0.6 is 0 Å². The third kappa shape index (κ3) is 1.77. The zero-order chi connectivity index (χ0) is 9.26. The van der Waals surface area contributed by atoms with Crippen molar-refractivity contribution in [2.45, 2.75) is 39.2 Å². The van der Waals surface area contributed by atoms with E-state index in [2.05, 4.69) is 29.6 Å². The van der Waals surface area contributed by atoms with Gasteiger partial charge in [0, 0.05) is 18.4 Å². The molecule has 2 heteroatoms. The highest BCUT2D eigenvalue weighted by atomic mass is 15.0. The maximum Gasteiger partial charge on any atom is 0.0948 e. The van der Waals surface area contributed by atoms with Crippen LogP contribution in [0.25, 0.3) is 0 Å². The van der Waals surface area contributed by atoms with E-state index in [1.807, 2.05) is 12.5 Å². The summed E-state index contributed by atoms with van der Waals surface area (Å²) in [5, 5.41) is 0. The van der Waals surface area contributed by atoms with Gasteiger partial charge in [0.1, 0.15) is 0 Å². The van der Waals surface area contributed by atoms with Gasteiger partial charge in [0.25, 0.3) is 0 Å². The molecule has 1 aromatic heterocycles. The summed E-state index contributed by atoms with van der Waals surface area (Å²) in [4.78, 5) is 4.10. The van der Waals surface area contributed by atoms with E-state index in [9.17, 15) is 0 Å². The van der Waals surface area contributed by atoms with Gasteiger partial charge in [-0.2, -0.15) is 0 Å². The number of nitrogens with zero attached hydrogens (tertiary/aromatic N) is 2. The van der Waals surface area contributed by atoms with Gasteiger partial charge in [0.05, 0.1) is 6.33 Å². The maximum atomic E-state index is 4.10. The first-order valence-electron chi connectivity index (χ1n) is 5.25. The Morgan fingerprint density at radius 2 is 2.08 bits per heavy atom. The molecule has 1 aromatic rings. The zero-order valence-corrected chi connectivity index (χ0v) is 8.48. The van der Waals surface area contributed by atoms with Crippen molar-refractivity contribution >= 4 is 0 Å². The predicted molar refractivity (Wildman–Crippen MR) is 53.4 cm³/mol. The normalized spacial score (nSPS) is 34.8. The lowest BCUT2D eigenvalue weighted by atomic mass is 9.79. The van der Waals surface area contributed by atoms with Crippen LogP contribution in [0.3, 0.4) is 0 Å². The van der Waals surface area contributed by atoms with Crippen molar-refractivity contribution < 1.29 is 0 Å². The van der Waals surface area contributed by atoms with Gasteiger partial charge in [-0.1, -0.05) is 13.8 Å². The Kier molecular flexibility index (Phi) is 2.38. The maximum absolute atomic E-state index is 4.10. The van der Waals surface area contributed by atoms with Crippen LogP contribution in [0.2, 0.25) is 0 Å². The molecule has 72 valence electrons. The van der Waals surface area contributed by atoms with Crippen molar-refractivity contribution in [1.82, 2.24) is 9.55 Å². The molecule has 1 fully saturated rings. The van der Waals surface area contributed by atoms with E-state index >= 15 is 0 Å². The fourth-order valence-corrected chi connectivity index (χ4v) is 2.28. The van der Waals surface area contributed by atoms with Crippen LogP contribution in [0.1, 0.15) is 39.2 Å². The van der Waals surface area contributed by atoms with Crippen molar-refractivity contribution in [3.63, 3.8) is 0 Å². The summed E-state index contributed by atoms with van der Waals surface area (Å²) in [7, 11) is 0. The number of rotatable bonds is 1. The molecule has 1 heterocycles. The van der Waals surface area contributed by atoms with Gasteiger partial charge >= 0.3 is 0 Å². The molecular weight excluding hydrogens is 160 g/mol. The summed E-state index contributed by atoms with van der Waals surface area (Å²) >= 11 is 0. The molecule has 1 aliphatic carbocycles. The molecule has 3 atom stereocenters. The molecule has 0 amide bonds. The highest BCUT2D eigenvalue weighted by molar-refractivity contribution is 4.85. The van der Waals surface area contributed by atoms with Gasteiger partial charge < -0.3 is 4.57 Å². The smallest absolute Gasteiger partial charge is 0.0948 e. The molecule has 3 unspecified atom stereocenters. The van der Waals surface area contributed by atoms with Gasteiger partial charge in [-0.15, -0.1) is 0 Å².